The van der Waals surface area contributed by atoms with Crippen LogP contribution in [-0.4, -0.2) is 62.0 Å². The summed E-state index contributed by atoms with van der Waals surface area (Å²) in [6.45, 7) is 3.53. The zero-order chi connectivity index (χ0) is 29.7. The van der Waals surface area contributed by atoms with Crippen LogP contribution >= 0.6 is 22.7 Å². The molecule has 2 heterocycles. The van der Waals surface area contributed by atoms with Gasteiger partial charge in [0.2, 0.25) is 5.91 Å². The summed E-state index contributed by atoms with van der Waals surface area (Å²) in [5.74, 6) is -4.92. The fourth-order valence-electron chi connectivity index (χ4n) is 4.60. The normalized spacial score (nSPS) is 13.9. The average Bonchev–Trinajstić information content (AvgIpc) is 3.29. The molecular formula is C27H31N3O8S3. The first-order valence-corrected chi connectivity index (χ1v) is 16.5. The molecule has 11 nitrogen and oxygen atoms in total. The van der Waals surface area contributed by atoms with E-state index in [-0.39, 0.29) is 28.5 Å². The number of benzene rings is 1. The van der Waals surface area contributed by atoms with Crippen LogP contribution in [-0.2, 0) is 53.1 Å². The topological polar surface area (TPSA) is 150 Å². The summed E-state index contributed by atoms with van der Waals surface area (Å²) in [6.07, 6.45) is 4.35. The standard InChI is InChI=1S/C27H31N3O8S3/c1-4-38-26(34)24-17-8-6-5-7-9-19(17)39-25(24)28-21(31)14-41(35,36)15-22(32)29-27-30(13-23(33)37-3)18-11-10-16(2)12-20(18)40-27/h10-12H,4-9,13-15H2,1-3H3,(H,28,31). The number of thiazole rings is 1. The predicted octanol–water partition coefficient (Wildman–Crippen LogP) is 3.17. The SMILES string of the molecule is CCOC(=O)c1c(NC(=O)CS(=O)(=O)CC(=O)N=c2sc3cc(C)ccc3n2CC(=O)OC)sc2c1CCCCC2. The molecule has 220 valence electrons. The first-order valence-electron chi connectivity index (χ1n) is 13.1. The van der Waals surface area contributed by atoms with E-state index in [4.69, 9.17) is 9.47 Å². The molecule has 1 aliphatic carbocycles. The molecule has 0 saturated carbocycles. The van der Waals surface area contributed by atoms with Crippen LogP contribution in [0.25, 0.3) is 10.2 Å². The lowest BCUT2D eigenvalue weighted by atomic mass is 10.1. The Morgan fingerprint density at radius 1 is 1.07 bits per heavy atom. The molecule has 0 unspecified atom stereocenters. The van der Waals surface area contributed by atoms with Crippen LogP contribution in [0.1, 0.15) is 52.5 Å². The van der Waals surface area contributed by atoms with Gasteiger partial charge in [-0.3, -0.25) is 14.4 Å². The number of rotatable bonds is 9. The highest BCUT2D eigenvalue weighted by atomic mass is 32.2. The first kappa shape index (κ1) is 30.6. The Balaban J connectivity index is 1.53. The van der Waals surface area contributed by atoms with Gasteiger partial charge in [-0.1, -0.05) is 23.8 Å². The summed E-state index contributed by atoms with van der Waals surface area (Å²) >= 11 is 2.39. The zero-order valence-electron chi connectivity index (χ0n) is 23.0. The van der Waals surface area contributed by atoms with Crippen molar-refractivity contribution in [3.63, 3.8) is 0 Å². The smallest absolute Gasteiger partial charge is 0.341 e. The molecule has 0 aliphatic heterocycles. The average molecular weight is 622 g/mol. The number of carbonyl (C=O) groups excluding carboxylic acids is 4. The minimum atomic E-state index is -4.21. The third kappa shape index (κ3) is 7.49. The Labute approximate surface area is 245 Å². The van der Waals surface area contributed by atoms with Crippen molar-refractivity contribution < 1.29 is 37.1 Å². The monoisotopic (exact) mass is 621 g/mol. The van der Waals surface area contributed by atoms with Gasteiger partial charge in [0.15, 0.2) is 14.6 Å². The predicted molar refractivity (Wildman–Crippen MR) is 156 cm³/mol. The summed E-state index contributed by atoms with van der Waals surface area (Å²) < 4.78 is 37.8. The molecule has 1 N–H and O–H groups in total. The number of anilines is 1. The number of fused-ring (bicyclic) bond motifs is 2. The number of nitrogens with one attached hydrogen (secondary N) is 1. The van der Waals surface area contributed by atoms with E-state index in [1.807, 2.05) is 19.1 Å². The van der Waals surface area contributed by atoms with Crippen molar-refractivity contribution in [3.05, 3.63) is 44.6 Å². The summed E-state index contributed by atoms with van der Waals surface area (Å²) in [4.78, 5) is 55.3. The van der Waals surface area contributed by atoms with Gasteiger partial charge in [-0.15, -0.1) is 11.3 Å². The van der Waals surface area contributed by atoms with Crippen molar-refractivity contribution in [1.29, 1.82) is 0 Å². The number of sulfone groups is 1. The van der Waals surface area contributed by atoms with E-state index in [1.165, 1.54) is 23.0 Å². The molecule has 4 rings (SSSR count). The second kappa shape index (κ2) is 13.1. The Bertz CT molecular complexity index is 1680. The molecule has 41 heavy (non-hydrogen) atoms. The molecule has 3 aromatic rings. The second-order valence-electron chi connectivity index (χ2n) is 9.59. The van der Waals surface area contributed by atoms with E-state index in [2.05, 4.69) is 10.3 Å². The molecule has 14 heteroatoms. The van der Waals surface area contributed by atoms with Crippen LogP contribution in [0.3, 0.4) is 0 Å². The fraction of sp³-hybridized carbons (Fsp3) is 0.444. The van der Waals surface area contributed by atoms with E-state index < -0.39 is 45.1 Å². The number of aromatic nitrogens is 1. The van der Waals surface area contributed by atoms with Crippen molar-refractivity contribution in [2.24, 2.45) is 4.99 Å². The fourth-order valence-corrected chi connectivity index (χ4v) is 8.06. The van der Waals surface area contributed by atoms with E-state index in [0.29, 0.717) is 11.9 Å². The molecule has 0 bridgehead atoms. The van der Waals surface area contributed by atoms with Crippen LogP contribution in [0, 0.1) is 6.92 Å². The Morgan fingerprint density at radius 2 is 1.83 bits per heavy atom. The van der Waals surface area contributed by atoms with E-state index in [9.17, 15) is 27.6 Å². The molecule has 1 aromatic carbocycles. The van der Waals surface area contributed by atoms with E-state index in [1.54, 1.807) is 13.0 Å². The lowest BCUT2D eigenvalue weighted by molar-refractivity contribution is -0.141. The van der Waals surface area contributed by atoms with Crippen molar-refractivity contribution in [2.45, 2.75) is 52.5 Å². The minimum absolute atomic E-state index is 0.139. The minimum Gasteiger partial charge on any atom is -0.468 e. The Hall–Kier alpha value is -3.36. The number of nitrogens with zero attached hydrogens (tertiary/aromatic N) is 2. The largest absolute Gasteiger partial charge is 0.468 e. The first-order chi connectivity index (χ1) is 19.5. The highest BCUT2D eigenvalue weighted by Crippen LogP contribution is 2.38. The van der Waals surface area contributed by atoms with Crippen LogP contribution < -0.4 is 10.1 Å². The number of hydrogen-bond acceptors (Lipinski definition) is 10. The number of esters is 2. The van der Waals surface area contributed by atoms with Gasteiger partial charge in [0.25, 0.3) is 5.91 Å². The van der Waals surface area contributed by atoms with Crippen molar-refractivity contribution in [1.82, 2.24) is 4.57 Å². The number of hydrogen-bond donors (Lipinski definition) is 1. The highest BCUT2D eigenvalue weighted by Gasteiger charge is 2.28. The summed E-state index contributed by atoms with van der Waals surface area (Å²) in [7, 11) is -2.97. The molecular weight excluding hydrogens is 591 g/mol. The maximum Gasteiger partial charge on any atom is 0.341 e. The lowest BCUT2D eigenvalue weighted by Gasteiger charge is -2.08. The quantitative estimate of drug-likeness (QED) is 0.283. The molecule has 0 atom stereocenters. The van der Waals surface area contributed by atoms with Gasteiger partial charge in [0, 0.05) is 4.88 Å². The molecule has 2 aromatic heterocycles. The van der Waals surface area contributed by atoms with Gasteiger partial charge in [-0.25, -0.2) is 13.2 Å². The van der Waals surface area contributed by atoms with Crippen LogP contribution in [0.15, 0.2) is 23.2 Å². The number of thiophene rings is 1. The Kier molecular flexibility index (Phi) is 9.76. The van der Waals surface area contributed by atoms with Gasteiger partial charge in [0.05, 0.1) is 29.5 Å². The number of carbonyl (C=O) groups is 4. The lowest BCUT2D eigenvalue weighted by Crippen LogP contribution is -2.29. The van der Waals surface area contributed by atoms with Crippen molar-refractivity contribution >= 4 is 71.5 Å². The number of amides is 2. The van der Waals surface area contributed by atoms with Gasteiger partial charge in [0.1, 0.15) is 23.1 Å². The maximum absolute atomic E-state index is 12.8. The maximum atomic E-state index is 12.8. The van der Waals surface area contributed by atoms with Crippen molar-refractivity contribution in [2.75, 3.05) is 30.5 Å². The summed E-state index contributed by atoms with van der Waals surface area (Å²) in [5, 5.41) is 2.83. The van der Waals surface area contributed by atoms with Crippen LogP contribution in [0.5, 0.6) is 0 Å². The number of ether oxygens (including phenoxy) is 2. The highest BCUT2D eigenvalue weighted by molar-refractivity contribution is 7.92. The van der Waals surface area contributed by atoms with Gasteiger partial charge >= 0.3 is 11.9 Å². The molecule has 0 radical (unpaired) electrons. The van der Waals surface area contributed by atoms with E-state index >= 15 is 0 Å². The third-order valence-corrected chi connectivity index (χ3v) is 10.1. The second-order valence-corrected chi connectivity index (χ2v) is 13.8. The van der Waals surface area contributed by atoms with Gasteiger partial charge in [-0.05, 0) is 62.8 Å². The van der Waals surface area contributed by atoms with Crippen LogP contribution in [0.4, 0.5) is 5.00 Å². The molecule has 0 saturated heterocycles. The molecule has 1 aliphatic rings. The molecule has 0 fully saturated rings. The molecule has 2 amide bonds. The molecule has 0 spiro atoms. The van der Waals surface area contributed by atoms with Crippen LogP contribution in [0.2, 0.25) is 0 Å². The zero-order valence-corrected chi connectivity index (χ0v) is 25.4. The van der Waals surface area contributed by atoms with E-state index in [0.717, 1.165) is 57.7 Å². The summed E-state index contributed by atoms with van der Waals surface area (Å²) in [5.41, 5.74) is 2.73. The number of aryl methyl sites for hydroxylation is 2. The summed E-state index contributed by atoms with van der Waals surface area (Å²) in [6, 6.07) is 5.49. The number of methoxy groups -OCH3 is 1. The third-order valence-electron chi connectivity index (χ3n) is 6.42. The van der Waals surface area contributed by atoms with Gasteiger partial charge in [-0.2, -0.15) is 4.99 Å². The van der Waals surface area contributed by atoms with Gasteiger partial charge < -0.3 is 19.4 Å². The Morgan fingerprint density at radius 3 is 2.56 bits per heavy atom. The van der Waals surface area contributed by atoms with Crippen molar-refractivity contribution in [3.8, 4) is 0 Å².